The van der Waals surface area contributed by atoms with Crippen molar-refractivity contribution in [2.45, 2.75) is 19.4 Å². The molecule has 3 heterocycles. The predicted molar refractivity (Wildman–Crippen MR) is 98.2 cm³/mol. The first-order chi connectivity index (χ1) is 12.2. The van der Waals surface area contributed by atoms with Crippen molar-refractivity contribution in [3.8, 4) is 0 Å². The minimum atomic E-state index is -0.265. The highest BCUT2D eigenvalue weighted by atomic mass is 32.1. The van der Waals surface area contributed by atoms with Gasteiger partial charge in [-0.3, -0.25) is 14.2 Å². The predicted octanol–water partition coefficient (Wildman–Crippen LogP) is 2.09. The van der Waals surface area contributed by atoms with Crippen molar-refractivity contribution in [3.05, 3.63) is 47.0 Å². The lowest BCUT2D eigenvalue weighted by molar-refractivity contribution is -0.116. The molecular weight excluding hydrogens is 338 g/mol. The van der Waals surface area contributed by atoms with Crippen molar-refractivity contribution < 1.29 is 4.79 Å². The molecule has 0 unspecified atom stereocenters. The van der Waals surface area contributed by atoms with Gasteiger partial charge >= 0.3 is 0 Å². The monoisotopic (exact) mass is 355 g/mol. The number of rotatable bonds is 4. The van der Waals surface area contributed by atoms with Gasteiger partial charge in [0.2, 0.25) is 5.91 Å². The van der Waals surface area contributed by atoms with Crippen LogP contribution >= 0.6 is 11.3 Å². The van der Waals surface area contributed by atoms with Gasteiger partial charge in [-0.1, -0.05) is 29.5 Å². The van der Waals surface area contributed by atoms with E-state index >= 15 is 0 Å². The van der Waals surface area contributed by atoms with Crippen LogP contribution in [0.15, 0.2) is 41.5 Å². The van der Waals surface area contributed by atoms with E-state index in [1.54, 1.807) is 12.1 Å². The summed E-state index contributed by atoms with van der Waals surface area (Å²) in [5, 5.41) is 3.61. The molecule has 128 valence electrons. The van der Waals surface area contributed by atoms with Crippen LogP contribution in [0, 0.1) is 0 Å². The summed E-state index contributed by atoms with van der Waals surface area (Å²) >= 11 is 1.35. The van der Waals surface area contributed by atoms with E-state index in [1.165, 1.54) is 22.2 Å². The van der Waals surface area contributed by atoms with Crippen molar-refractivity contribution >= 4 is 38.4 Å². The Bertz CT molecular complexity index is 960. The van der Waals surface area contributed by atoms with Gasteiger partial charge in [0.05, 0.1) is 0 Å². The molecule has 1 N–H and O–H groups in total. The molecule has 1 amide bonds. The zero-order valence-corrected chi connectivity index (χ0v) is 14.3. The fraction of sp³-hybridized carbons (Fsp3) is 0.294. The molecule has 1 saturated heterocycles. The second-order valence-electron chi connectivity index (χ2n) is 5.94. The molecule has 0 saturated carbocycles. The minimum absolute atomic E-state index is 0.0758. The standard InChI is InChI=1S/C17H17N5O2S/c23-13(19-12-6-2-1-3-7-12)10-22-11-18-15-14(16(22)24)25-17(20-15)21-8-4-5-9-21/h1-3,6-7,11H,4-5,8-10H2,(H,19,23). The molecule has 25 heavy (non-hydrogen) atoms. The lowest BCUT2D eigenvalue weighted by Gasteiger charge is -2.11. The summed E-state index contributed by atoms with van der Waals surface area (Å²) in [6.07, 6.45) is 3.68. The van der Waals surface area contributed by atoms with Crippen molar-refractivity contribution in [1.29, 1.82) is 0 Å². The molecule has 1 aliphatic heterocycles. The number of anilines is 2. The maximum Gasteiger partial charge on any atom is 0.273 e. The van der Waals surface area contributed by atoms with Crippen LogP contribution < -0.4 is 15.8 Å². The number of benzene rings is 1. The van der Waals surface area contributed by atoms with Gasteiger partial charge in [0.1, 0.15) is 17.6 Å². The third-order valence-electron chi connectivity index (χ3n) is 4.12. The zero-order valence-electron chi connectivity index (χ0n) is 13.5. The molecule has 0 radical (unpaired) electrons. The Kier molecular flexibility index (Phi) is 4.19. The number of nitrogens with zero attached hydrogens (tertiary/aromatic N) is 4. The molecule has 0 atom stereocenters. The molecule has 4 rings (SSSR count). The van der Waals surface area contributed by atoms with Gasteiger partial charge in [-0.2, -0.15) is 4.98 Å². The van der Waals surface area contributed by atoms with E-state index < -0.39 is 0 Å². The molecule has 1 aliphatic rings. The van der Waals surface area contributed by atoms with Crippen LogP contribution in [-0.4, -0.2) is 33.5 Å². The highest BCUT2D eigenvalue weighted by Crippen LogP contribution is 2.27. The fourth-order valence-electron chi connectivity index (χ4n) is 2.87. The van der Waals surface area contributed by atoms with Gasteiger partial charge in [-0.15, -0.1) is 0 Å². The number of hydrogen-bond donors (Lipinski definition) is 1. The quantitative estimate of drug-likeness (QED) is 0.775. The van der Waals surface area contributed by atoms with Crippen molar-refractivity contribution in [3.63, 3.8) is 0 Å². The number of carbonyl (C=O) groups excluding carboxylic acids is 1. The Morgan fingerprint density at radius 1 is 1.20 bits per heavy atom. The first-order valence-electron chi connectivity index (χ1n) is 8.16. The van der Waals surface area contributed by atoms with Crippen molar-refractivity contribution in [1.82, 2.24) is 14.5 Å². The summed E-state index contributed by atoms with van der Waals surface area (Å²) in [6, 6.07) is 9.15. The van der Waals surface area contributed by atoms with Crippen LogP contribution in [-0.2, 0) is 11.3 Å². The van der Waals surface area contributed by atoms with Crippen LogP contribution in [0.1, 0.15) is 12.8 Å². The van der Waals surface area contributed by atoms with E-state index in [-0.39, 0.29) is 18.0 Å². The molecule has 7 nitrogen and oxygen atoms in total. The molecular formula is C17H17N5O2S. The first kappa shape index (κ1) is 15.8. The topological polar surface area (TPSA) is 80.1 Å². The van der Waals surface area contributed by atoms with E-state index in [2.05, 4.69) is 20.2 Å². The number of nitrogens with one attached hydrogen (secondary N) is 1. The van der Waals surface area contributed by atoms with E-state index in [1.807, 2.05) is 18.2 Å². The summed E-state index contributed by atoms with van der Waals surface area (Å²) in [5.41, 5.74) is 0.927. The molecule has 1 fully saturated rings. The van der Waals surface area contributed by atoms with E-state index in [4.69, 9.17) is 0 Å². The smallest absolute Gasteiger partial charge is 0.273 e. The zero-order chi connectivity index (χ0) is 17.2. The number of amides is 1. The van der Waals surface area contributed by atoms with Crippen LogP contribution in [0.25, 0.3) is 10.3 Å². The number of fused-ring (bicyclic) bond motifs is 1. The molecule has 1 aromatic carbocycles. The molecule has 0 bridgehead atoms. The Labute approximate surface area is 147 Å². The Morgan fingerprint density at radius 2 is 1.96 bits per heavy atom. The number of thiazole rings is 1. The van der Waals surface area contributed by atoms with Crippen LogP contribution in [0.3, 0.4) is 0 Å². The number of para-hydroxylation sites is 1. The summed E-state index contributed by atoms with van der Waals surface area (Å²) in [5.74, 6) is -0.265. The van der Waals surface area contributed by atoms with Gasteiger partial charge in [-0.05, 0) is 25.0 Å². The lowest BCUT2D eigenvalue weighted by atomic mass is 10.3. The Morgan fingerprint density at radius 3 is 2.72 bits per heavy atom. The van der Waals surface area contributed by atoms with E-state index in [0.29, 0.717) is 16.0 Å². The molecule has 8 heteroatoms. The summed E-state index contributed by atoms with van der Waals surface area (Å²) in [4.78, 5) is 35.7. The third kappa shape index (κ3) is 3.25. The third-order valence-corrected chi connectivity index (χ3v) is 5.21. The molecule has 2 aromatic heterocycles. The van der Waals surface area contributed by atoms with E-state index in [0.717, 1.165) is 31.1 Å². The number of carbonyl (C=O) groups is 1. The molecule has 3 aromatic rings. The van der Waals surface area contributed by atoms with Gasteiger partial charge in [0, 0.05) is 18.8 Å². The van der Waals surface area contributed by atoms with Gasteiger partial charge in [-0.25, -0.2) is 4.98 Å². The van der Waals surface area contributed by atoms with Crippen molar-refractivity contribution in [2.75, 3.05) is 23.3 Å². The Balaban J connectivity index is 1.56. The van der Waals surface area contributed by atoms with E-state index in [9.17, 15) is 9.59 Å². The second-order valence-corrected chi connectivity index (χ2v) is 6.91. The maximum atomic E-state index is 12.6. The number of aromatic nitrogens is 3. The van der Waals surface area contributed by atoms with Crippen LogP contribution in [0.4, 0.5) is 10.8 Å². The summed E-state index contributed by atoms with van der Waals surface area (Å²) in [7, 11) is 0. The van der Waals surface area contributed by atoms with Crippen LogP contribution in [0.5, 0.6) is 0 Å². The highest BCUT2D eigenvalue weighted by molar-refractivity contribution is 7.22. The van der Waals surface area contributed by atoms with Gasteiger partial charge in [0.15, 0.2) is 10.8 Å². The second kappa shape index (κ2) is 6.64. The van der Waals surface area contributed by atoms with Gasteiger partial charge in [0.25, 0.3) is 5.56 Å². The summed E-state index contributed by atoms with van der Waals surface area (Å²) in [6.45, 7) is 1.86. The summed E-state index contributed by atoms with van der Waals surface area (Å²) < 4.78 is 1.82. The largest absolute Gasteiger partial charge is 0.348 e. The highest BCUT2D eigenvalue weighted by Gasteiger charge is 2.19. The number of hydrogen-bond acceptors (Lipinski definition) is 6. The minimum Gasteiger partial charge on any atom is -0.348 e. The molecule has 0 aliphatic carbocycles. The average molecular weight is 355 g/mol. The normalized spacial score (nSPS) is 14.2. The lowest BCUT2D eigenvalue weighted by Crippen LogP contribution is -2.27. The maximum absolute atomic E-state index is 12.6. The Hall–Kier alpha value is -2.74. The van der Waals surface area contributed by atoms with Crippen molar-refractivity contribution in [2.24, 2.45) is 0 Å². The SMILES string of the molecule is O=C(Cn1cnc2nc(N3CCCC3)sc2c1=O)Nc1ccccc1. The first-order valence-corrected chi connectivity index (χ1v) is 8.98. The molecule has 0 spiro atoms. The average Bonchev–Trinajstić information content (AvgIpc) is 3.27. The van der Waals surface area contributed by atoms with Gasteiger partial charge < -0.3 is 10.2 Å². The fourth-order valence-corrected chi connectivity index (χ4v) is 3.89. The van der Waals surface area contributed by atoms with Crippen LogP contribution in [0.2, 0.25) is 0 Å².